The fourth-order valence-corrected chi connectivity index (χ4v) is 3.89. The van der Waals surface area contributed by atoms with E-state index in [-0.39, 0.29) is 18.6 Å². The normalized spacial score (nSPS) is 19.4. The van der Waals surface area contributed by atoms with Crippen molar-refractivity contribution >= 4 is 33.0 Å². The van der Waals surface area contributed by atoms with Gasteiger partial charge in [0.2, 0.25) is 0 Å². The van der Waals surface area contributed by atoms with Gasteiger partial charge in [0.1, 0.15) is 4.88 Å². The van der Waals surface area contributed by atoms with Crippen molar-refractivity contribution in [1.82, 2.24) is 4.90 Å². The SMILES string of the molecule is Nc1c(C(=O)N2CCCCC2CO)sc2ccccc12. The number of thiophene rings is 1. The highest BCUT2D eigenvalue weighted by Gasteiger charge is 2.29. The zero-order valence-corrected chi connectivity index (χ0v) is 12.0. The standard InChI is InChI=1S/C15H18N2O2S/c16-13-11-6-1-2-7-12(11)20-14(13)15(19)17-8-4-3-5-10(17)9-18/h1-2,6-7,10,18H,3-5,8-9,16H2. The Morgan fingerprint density at radius 1 is 1.40 bits per heavy atom. The number of aliphatic hydroxyl groups is 1. The predicted octanol–water partition coefficient (Wildman–Crippen LogP) is 2.47. The van der Waals surface area contributed by atoms with Crippen molar-refractivity contribution in [2.24, 2.45) is 0 Å². The number of rotatable bonds is 2. The monoisotopic (exact) mass is 290 g/mol. The number of likely N-dealkylation sites (tertiary alicyclic amines) is 1. The number of carbonyl (C=O) groups excluding carboxylic acids is 1. The maximum atomic E-state index is 12.7. The molecule has 3 N–H and O–H groups in total. The Morgan fingerprint density at radius 2 is 2.20 bits per heavy atom. The molecule has 2 aromatic rings. The zero-order valence-electron chi connectivity index (χ0n) is 11.2. The fraction of sp³-hybridized carbons (Fsp3) is 0.400. The van der Waals surface area contributed by atoms with Crippen LogP contribution in [0.5, 0.6) is 0 Å². The molecule has 3 rings (SSSR count). The van der Waals surface area contributed by atoms with E-state index in [1.54, 1.807) is 4.90 Å². The van der Waals surface area contributed by atoms with Gasteiger partial charge in [0.15, 0.2) is 0 Å². The van der Waals surface area contributed by atoms with E-state index in [9.17, 15) is 9.90 Å². The summed E-state index contributed by atoms with van der Waals surface area (Å²) < 4.78 is 1.03. The molecule has 1 atom stereocenters. The molecule has 4 nitrogen and oxygen atoms in total. The Morgan fingerprint density at radius 3 is 2.95 bits per heavy atom. The largest absolute Gasteiger partial charge is 0.397 e. The number of aliphatic hydroxyl groups excluding tert-OH is 1. The van der Waals surface area contributed by atoms with E-state index >= 15 is 0 Å². The molecule has 1 aromatic heterocycles. The number of nitrogens with zero attached hydrogens (tertiary/aromatic N) is 1. The summed E-state index contributed by atoms with van der Waals surface area (Å²) in [7, 11) is 0. The minimum absolute atomic E-state index is 0.0243. The van der Waals surface area contributed by atoms with Crippen molar-refractivity contribution in [3.63, 3.8) is 0 Å². The summed E-state index contributed by atoms with van der Waals surface area (Å²) in [4.78, 5) is 15.1. The first-order valence-electron chi connectivity index (χ1n) is 6.91. The molecular formula is C15H18N2O2S. The lowest BCUT2D eigenvalue weighted by molar-refractivity contribution is 0.0509. The molecule has 0 aliphatic carbocycles. The van der Waals surface area contributed by atoms with Gasteiger partial charge in [0, 0.05) is 16.6 Å². The van der Waals surface area contributed by atoms with E-state index in [1.165, 1.54) is 11.3 Å². The maximum absolute atomic E-state index is 12.7. The van der Waals surface area contributed by atoms with E-state index in [4.69, 9.17) is 5.73 Å². The quantitative estimate of drug-likeness (QED) is 0.893. The minimum Gasteiger partial charge on any atom is -0.397 e. The van der Waals surface area contributed by atoms with Crippen molar-refractivity contribution in [2.75, 3.05) is 18.9 Å². The molecule has 1 aliphatic rings. The number of benzene rings is 1. The smallest absolute Gasteiger partial charge is 0.266 e. The molecule has 5 heteroatoms. The van der Waals surface area contributed by atoms with Gasteiger partial charge in [-0.1, -0.05) is 18.2 Å². The summed E-state index contributed by atoms with van der Waals surface area (Å²) in [6.45, 7) is 0.730. The lowest BCUT2D eigenvalue weighted by atomic mass is 10.0. The Labute approximate surface area is 121 Å². The van der Waals surface area contributed by atoms with Gasteiger partial charge in [-0.25, -0.2) is 0 Å². The van der Waals surface area contributed by atoms with Gasteiger partial charge in [-0.05, 0) is 25.3 Å². The maximum Gasteiger partial charge on any atom is 0.266 e. The molecule has 0 spiro atoms. The lowest BCUT2D eigenvalue weighted by Gasteiger charge is -2.34. The Kier molecular flexibility index (Phi) is 3.63. The number of anilines is 1. The molecule has 1 fully saturated rings. The van der Waals surface area contributed by atoms with E-state index in [0.717, 1.165) is 29.3 Å². The van der Waals surface area contributed by atoms with Crippen molar-refractivity contribution in [3.05, 3.63) is 29.1 Å². The second-order valence-corrected chi connectivity index (χ2v) is 6.22. The summed E-state index contributed by atoms with van der Waals surface area (Å²) in [5.41, 5.74) is 6.70. The van der Waals surface area contributed by atoms with Gasteiger partial charge in [0.05, 0.1) is 18.3 Å². The Hall–Kier alpha value is -1.59. The van der Waals surface area contributed by atoms with Crippen molar-refractivity contribution in [1.29, 1.82) is 0 Å². The molecule has 1 aromatic carbocycles. The number of hydrogen-bond acceptors (Lipinski definition) is 4. The van der Waals surface area contributed by atoms with E-state index in [2.05, 4.69) is 0 Å². The lowest BCUT2D eigenvalue weighted by Crippen LogP contribution is -2.45. The average Bonchev–Trinajstić information content (AvgIpc) is 2.84. The van der Waals surface area contributed by atoms with Gasteiger partial charge in [-0.3, -0.25) is 4.79 Å². The van der Waals surface area contributed by atoms with E-state index in [1.807, 2.05) is 24.3 Å². The summed E-state index contributed by atoms with van der Waals surface area (Å²) in [5.74, 6) is -0.0394. The Bertz CT molecular complexity index is 638. The van der Waals surface area contributed by atoms with Crippen molar-refractivity contribution in [2.45, 2.75) is 25.3 Å². The van der Waals surface area contributed by atoms with Crippen LogP contribution in [0.15, 0.2) is 24.3 Å². The van der Waals surface area contributed by atoms with Crippen LogP contribution in [0.25, 0.3) is 10.1 Å². The van der Waals surface area contributed by atoms with Gasteiger partial charge >= 0.3 is 0 Å². The first kappa shape index (κ1) is 13.4. The number of carbonyl (C=O) groups is 1. The van der Waals surface area contributed by atoms with Crippen LogP contribution in [0, 0.1) is 0 Å². The van der Waals surface area contributed by atoms with Gasteiger partial charge < -0.3 is 15.7 Å². The summed E-state index contributed by atoms with van der Waals surface area (Å²) in [6, 6.07) is 7.73. The van der Waals surface area contributed by atoms with Crippen LogP contribution < -0.4 is 5.73 Å². The van der Waals surface area contributed by atoms with Crippen molar-refractivity contribution in [3.8, 4) is 0 Å². The van der Waals surface area contributed by atoms with Gasteiger partial charge in [-0.15, -0.1) is 11.3 Å². The zero-order chi connectivity index (χ0) is 14.1. The molecule has 0 bridgehead atoms. The highest BCUT2D eigenvalue weighted by molar-refractivity contribution is 7.21. The fourth-order valence-electron chi connectivity index (χ4n) is 2.81. The minimum atomic E-state index is -0.0686. The van der Waals surface area contributed by atoms with E-state index < -0.39 is 0 Å². The topological polar surface area (TPSA) is 66.6 Å². The van der Waals surface area contributed by atoms with Gasteiger partial charge in [0.25, 0.3) is 5.91 Å². The first-order chi connectivity index (χ1) is 9.72. The van der Waals surface area contributed by atoms with Crippen LogP contribution in [0.4, 0.5) is 5.69 Å². The van der Waals surface area contributed by atoms with Crippen LogP contribution in [-0.4, -0.2) is 35.1 Å². The molecule has 106 valence electrons. The van der Waals surface area contributed by atoms with Crippen LogP contribution in [0.2, 0.25) is 0 Å². The first-order valence-corrected chi connectivity index (χ1v) is 7.73. The highest BCUT2D eigenvalue weighted by Crippen LogP contribution is 2.35. The second-order valence-electron chi connectivity index (χ2n) is 5.17. The van der Waals surface area contributed by atoms with Crippen LogP contribution in [0.3, 0.4) is 0 Å². The molecule has 1 amide bonds. The number of amides is 1. The van der Waals surface area contributed by atoms with Gasteiger partial charge in [-0.2, -0.15) is 0 Å². The number of nitrogens with two attached hydrogens (primary N) is 1. The summed E-state index contributed by atoms with van der Waals surface area (Å²) >= 11 is 1.44. The highest BCUT2D eigenvalue weighted by atomic mass is 32.1. The summed E-state index contributed by atoms with van der Waals surface area (Å²) in [6.07, 6.45) is 2.93. The van der Waals surface area contributed by atoms with Crippen LogP contribution in [-0.2, 0) is 0 Å². The number of hydrogen-bond donors (Lipinski definition) is 2. The number of piperidine rings is 1. The number of nitrogen functional groups attached to an aromatic ring is 1. The van der Waals surface area contributed by atoms with Crippen LogP contribution >= 0.6 is 11.3 Å². The molecule has 20 heavy (non-hydrogen) atoms. The second kappa shape index (κ2) is 5.42. The molecule has 1 saturated heterocycles. The third kappa shape index (κ3) is 2.17. The average molecular weight is 290 g/mol. The molecule has 0 radical (unpaired) electrons. The molecule has 1 aliphatic heterocycles. The van der Waals surface area contributed by atoms with Crippen molar-refractivity contribution < 1.29 is 9.90 Å². The molecular weight excluding hydrogens is 272 g/mol. The van der Waals surface area contributed by atoms with Crippen LogP contribution in [0.1, 0.15) is 28.9 Å². The molecule has 2 heterocycles. The Balaban J connectivity index is 1.97. The van der Waals surface area contributed by atoms with E-state index in [0.29, 0.717) is 17.1 Å². The predicted molar refractivity (Wildman–Crippen MR) is 82.0 cm³/mol. The summed E-state index contributed by atoms with van der Waals surface area (Å²) in [5, 5.41) is 10.4. The molecule has 0 saturated carbocycles. The third-order valence-electron chi connectivity index (χ3n) is 3.93. The third-order valence-corrected chi connectivity index (χ3v) is 5.10. The number of fused-ring (bicyclic) bond motifs is 1. The molecule has 1 unspecified atom stereocenters.